The highest BCUT2D eigenvalue weighted by Crippen LogP contribution is 2.23. The van der Waals surface area contributed by atoms with E-state index in [1.54, 1.807) is 24.8 Å². The Balaban J connectivity index is 2.03. The Kier molecular flexibility index (Phi) is 4.60. The summed E-state index contributed by atoms with van der Waals surface area (Å²) >= 11 is 0. The molecule has 1 heterocycles. The number of amides is 1. The van der Waals surface area contributed by atoms with E-state index in [0.717, 1.165) is 25.9 Å². The van der Waals surface area contributed by atoms with E-state index >= 15 is 0 Å². The van der Waals surface area contributed by atoms with Crippen molar-refractivity contribution in [2.24, 2.45) is 0 Å². The number of aliphatic hydroxyl groups is 1. The first-order chi connectivity index (χ1) is 9.49. The molecule has 0 aliphatic carbocycles. The van der Waals surface area contributed by atoms with Crippen LogP contribution in [0.4, 0.5) is 4.39 Å². The molecule has 1 aliphatic rings. The van der Waals surface area contributed by atoms with Gasteiger partial charge in [0.15, 0.2) is 17.7 Å². The molecule has 0 saturated carbocycles. The quantitative estimate of drug-likeness (QED) is 0.921. The molecule has 5 heteroatoms. The van der Waals surface area contributed by atoms with Crippen LogP contribution in [0.2, 0.25) is 0 Å². The molecule has 1 unspecified atom stereocenters. The van der Waals surface area contributed by atoms with E-state index in [2.05, 4.69) is 0 Å². The maximum atomic E-state index is 13.9. The first-order valence-corrected chi connectivity index (χ1v) is 6.92. The van der Waals surface area contributed by atoms with Crippen LogP contribution in [-0.2, 0) is 4.79 Å². The van der Waals surface area contributed by atoms with Crippen LogP contribution in [0.15, 0.2) is 18.2 Å². The maximum Gasteiger partial charge on any atom is 0.263 e. The van der Waals surface area contributed by atoms with Crippen LogP contribution in [0.25, 0.3) is 0 Å². The van der Waals surface area contributed by atoms with Gasteiger partial charge in [0, 0.05) is 13.1 Å². The van der Waals surface area contributed by atoms with Gasteiger partial charge >= 0.3 is 0 Å². The zero-order chi connectivity index (χ0) is 14.7. The van der Waals surface area contributed by atoms with Crippen molar-refractivity contribution in [1.29, 1.82) is 0 Å². The SMILES string of the molecule is CC(Oc1ccc([C@@H](C)O)cc1F)C(=O)N1CCCC1. The summed E-state index contributed by atoms with van der Waals surface area (Å²) in [6, 6.07) is 4.27. The standard InChI is InChI=1S/C15H20FNO3/c1-10(18)12-5-6-14(13(16)9-12)20-11(2)15(19)17-7-3-4-8-17/h5-6,9-11,18H,3-4,7-8H2,1-2H3/t10-,11?/m1/s1. The van der Waals surface area contributed by atoms with Gasteiger partial charge in [0.25, 0.3) is 5.91 Å². The lowest BCUT2D eigenvalue weighted by molar-refractivity contribution is -0.136. The fourth-order valence-electron chi connectivity index (χ4n) is 2.31. The van der Waals surface area contributed by atoms with Crippen molar-refractivity contribution in [2.45, 2.75) is 38.9 Å². The van der Waals surface area contributed by atoms with Gasteiger partial charge in [-0.05, 0) is 44.4 Å². The minimum atomic E-state index is -0.734. The van der Waals surface area contributed by atoms with E-state index in [1.165, 1.54) is 12.1 Å². The molecule has 0 radical (unpaired) electrons. The Morgan fingerprint density at radius 3 is 2.55 bits per heavy atom. The van der Waals surface area contributed by atoms with E-state index in [4.69, 9.17) is 4.74 Å². The number of carbonyl (C=O) groups is 1. The molecule has 1 aliphatic heterocycles. The predicted molar refractivity (Wildman–Crippen MR) is 72.9 cm³/mol. The zero-order valence-corrected chi connectivity index (χ0v) is 11.8. The monoisotopic (exact) mass is 281 g/mol. The average molecular weight is 281 g/mol. The van der Waals surface area contributed by atoms with Crippen molar-refractivity contribution >= 4 is 5.91 Å². The fraction of sp³-hybridized carbons (Fsp3) is 0.533. The van der Waals surface area contributed by atoms with Gasteiger partial charge in [-0.15, -0.1) is 0 Å². The van der Waals surface area contributed by atoms with Crippen molar-refractivity contribution in [3.63, 3.8) is 0 Å². The summed E-state index contributed by atoms with van der Waals surface area (Å²) < 4.78 is 19.3. The minimum absolute atomic E-state index is 0.0365. The molecule has 20 heavy (non-hydrogen) atoms. The largest absolute Gasteiger partial charge is 0.478 e. The van der Waals surface area contributed by atoms with Crippen LogP contribution in [0.5, 0.6) is 5.75 Å². The molecule has 2 rings (SSSR count). The van der Waals surface area contributed by atoms with Crippen LogP contribution >= 0.6 is 0 Å². The lowest BCUT2D eigenvalue weighted by Crippen LogP contribution is -2.38. The molecule has 1 amide bonds. The summed E-state index contributed by atoms with van der Waals surface area (Å²) in [6.07, 6.45) is 0.577. The summed E-state index contributed by atoms with van der Waals surface area (Å²) in [5.74, 6) is -0.638. The second kappa shape index (κ2) is 6.22. The topological polar surface area (TPSA) is 49.8 Å². The van der Waals surface area contributed by atoms with Crippen molar-refractivity contribution in [1.82, 2.24) is 4.90 Å². The van der Waals surface area contributed by atoms with Crippen LogP contribution in [0.3, 0.4) is 0 Å². The van der Waals surface area contributed by atoms with Gasteiger partial charge in [-0.3, -0.25) is 4.79 Å². The number of hydrogen-bond donors (Lipinski definition) is 1. The Bertz CT molecular complexity index is 484. The van der Waals surface area contributed by atoms with Crippen LogP contribution in [0, 0.1) is 5.82 Å². The number of ether oxygens (including phenoxy) is 1. The summed E-state index contributed by atoms with van der Waals surface area (Å²) in [5, 5.41) is 9.38. The fourth-order valence-corrected chi connectivity index (χ4v) is 2.31. The predicted octanol–water partition coefficient (Wildman–Crippen LogP) is 2.27. The van der Waals surface area contributed by atoms with E-state index in [1.807, 2.05) is 0 Å². The number of hydrogen-bond acceptors (Lipinski definition) is 3. The highest BCUT2D eigenvalue weighted by Gasteiger charge is 2.25. The summed E-state index contributed by atoms with van der Waals surface area (Å²) in [7, 11) is 0. The molecule has 1 N–H and O–H groups in total. The van der Waals surface area contributed by atoms with Crippen LogP contribution < -0.4 is 4.74 Å². The highest BCUT2D eigenvalue weighted by atomic mass is 19.1. The second-order valence-corrected chi connectivity index (χ2v) is 5.16. The molecule has 1 fully saturated rings. The normalized spacial score (nSPS) is 17.9. The minimum Gasteiger partial charge on any atom is -0.478 e. The Labute approximate surface area is 118 Å². The van der Waals surface area contributed by atoms with Crippen molar-refractivity contribution in [2.75, 3.05) is 13.1 Å². The maximum absolute atomic E-state index is 13.9. The second-order valence-electron chi connectivity index (χ2n) is 5.16. The molecule has 0 spiro atoms. The first-order valence-electron chi connectivity index (χ1n) is 6.92. The molecule has 110 valence electrons. The molecule has 0 aromatic heterocycles. The molecular formula is C15H20FNO3. The number of halogens is 1. The van der Waals surface area contributed by atoms with E-state index in [-0.39, 0.29) is 11.7 Å². The lowest BCUT2D eigenvalue weighted by Gasteiger charge is -2.21. The van der Waals surface area contributed by atoms with Gasteiger partial charge in [-0.25, -0.2) is 4.39 Å². The van der Waals surface area contributed by atoms with E-state index < -0.39 is 18.0 Å². The highest BCUT2D eigenvalue weighted by molar-refractivity contribution is 5.81. The third-order valence-corrected chi connectivity index (χ3v) is 3.51. The molecule has 1 aromatic carbocycles. The van der Waals surface area contributed by atoms with Crippen molar-refractivity contribution < 1.29 is 19.0 Å². The first kappa shape index (κ1) is 14.8. The van der Waals surface area contributed by atoms with Gasteiger partial charge < -0.3 is 14.7 Å². The number of aliphatic hydroxyl groups excluding tert-OH is 1. The number of rotatable bonds is 4. The average Bonchev–Trinajstić information content (AvgIpc) is 2.93. The number of benzene rings is 1. The summed E-state index contributed by atoms with van der Waals surface area (Å²) in [6.45, 7) is 4.68. The third-order valence-electron chi connectivity index (χ3n) is 3.51. The Morgan fingerprint density at radius 1 is 1.35 bits per heavy atom. The number of carbonyl (C=O) groups excluding carboxylic acids is 1. The van der Waals surface area contributed by atoms with Crippen molar-refractivity contribution in [3.8, 4) is 5.75 Å². The van der Waals surface area contributed by atoms with Crippen molar-refractivity contribution in [3.05, 3.63) is 29.6 Å². The smallest absolute Gasteiger partial charge is 0.263 e. The lowest BCUT2D eigenvalue weighted by atomic mass is 10.1. The molecular weight excluding hydrogens is 261 g/mol. The van der Waals surface area contributed by atoms with E-state index in [9.17, 15) is 14.3 Å². The summed E-state index contributed by atoms with van der Waals surface area (Å²) in [5.41, 5.74) is 0.480. The molecule has 1 aromatic rings. The number of likely N-dealkylation sites (tertiary alicyclic amines) is 1. The van der Waals surface area contributed by atoms with Gasteiger partial charge in [0.1, 0.15) is 0 Å². The van der Waals surface area contributed by atoms with Gasteiger partial charge in [-0.1, -0.05) is 6.07 Å². The Morgan fingerprint density at radius 2 is 2.00 bits per heavy atom. The van der Waals surface area contributed by atoms with E-state index in [0.29, 0.717) is 5.56 Å². The number of nitrogens with zero attached hydrogens (tertiary/aromatic N) is 1. The Hall–Kier alpha value is -1.62. The van der Waals surface area contributed by atoms with Crippen LogP contribution in [-0.4, -0.2) is 35.1 Å². The molecule has 0 bridgehead atoms. The van der Waals surface area contributed by atoms with Gasteiger partial charge in [0.2, 0.25) is 0 Å². The molecule has 1 saturated heterocycles. The third kappa shape index (κ3) is 3.28. The molecule has 4 nitrogen and oxygen atoms in total. The van der Waals surface area contributed by atoms with Gasteiger partial charge in [-0.2, -0.15) is 0 Å². The van der Waals surface area contributed by atoms with Crippen LogP contribution in [0.1, 0.15) is 38.4 Å². The molecule has 2 atom stereocenters. The van der Waals surface area contributed by atoms with Gasteiger partial charge in [0.05, 0.1) is 6.10 Å². The zero-order valence-electron chi connectivity index (χ0n) is 11.8. The summed E-state index contributed by atoms with van der Waals surface area (Å²) in [4.78, 5) is 13.8.